The van der Waals surface area contributed by atoms with Crippen molar-refractivity contribution in [3.05, 3.63) is 36.0 Å². The highest BCUT2D eigenvalue weighted by molar-refractivity contribution is 5.87. The summed E-state index contributed by atoms with van der Waals surface area (Å²) in [6, 6.07) is 7.40. The summed E-state index contributed by atoms with van der Waals surface area (Å²) in [4.78, 5) is 51.6. The van der Waals surface area contributed by atoms with Crippen molar-refractivity contribution < 1.29 is 33.7 Å². The quantitative estimate of drug-likeness (QED) is 0.350. The average Bonchev–Trinajstić information content (AvgIpc) is 2.95. The Morgan fingerprint density at radius 2 is 1.06 bits per heavy atom. The highest BCUT2D eigenvalue weighted by Gasteiger charge is 2.28. The van der Waals surface area contributed by atoms with Crippen LogP contribution in [0.3, 0.4) is 0 Å². The summed E-state index contributed by atoms with van der Waals surface area (Å²) < 4.78 is 17.2. The van der Waals surface area contributed by atoms with Crippen molar-refractivity contribution in [1.29, 1.82) is 0 Å². The van der Waals surface area contributed by atoms with Gasteiger partial charge in [-0.1, -0.05) is 12.1 Å². The zero-order valence-electron chi connectivity index (χ0n) is 30.5. The van der Waals surface area contributed by atoms with E-state index >= 15 is 0 Å². The van der Waals surface area contributed by atoms with Crippen molar-refractivity contribution in [2.24, 2.45) is 0 Å². The number of benzene rings is 1. The van der Waals surface area contributed by atoms with Gasteiger partial charge in [0.1, 0.15) is 28.1 Å². The first-order chi connectivity index (χ1) is 22.3. The predicted molar refractivity (Wildman–Crippen MR) is 186 cm³/mol. The molecule has 12 nitrogen and oxygen atoms in total. The van der Waals surface area contributed by atoms with Gasteiger partial charge in [0.05, 0.1) is 0 Å². The lowest BCUT2D eigenvalue weighted by molar-refractivity contribution is 0.0118. The van der Waals surface area contributed by atoms with Crippen molar-refractivity contribution in [3.8, 4) is 5.75 Å². The Balaban J connectivity index is 1.91. The molecule has 268 valence electrons. The van der Waals surface area contributed by atoms with Gasteiger partial charge in [-0.25, -0.2) is 14.4 Å². The van der Waals surface area contributed by atoms with Gasteiger partial charge in [0.2, 0.25) is 0 Å². The first-order valence-corrected chi connectivity index (χ1v) is 17.0. The normalized spacial score (nSPS) is 17.0. The molecule has 1 aromatic carbocycles. The summed E-state index contributed by atoms with van der Waals surface area (Å²) in [5.41, 5.74) is -0.444. The number of hydrogen-bond acceptors (Lipinski definition) is 9. The fourth-order valence-corrected chi connectivity index (χ4v) is 5.39. The molecule has 3 rings (SSSR count). The molecule has 0 radical (unpaired) electrons. The summed E-state index contributed by atoms with van der Waals surface area (Å²) in [5, 5.41) is 11.3. The van der Waals surface area contributed by atoms with E-state index in [4.69, 9.17) is 14.2 Å². The smallest absolute Gasteiger partial charge is 0.410 e. The van der Waals surface area contributed by atoms with E-state index in [1.54, 1.807) is 27.0 Å². The van der Waals surface area contributed by atoms with Crippen LogP contribution >= 0.6 is 0 Å². The molecule has 0 bridgehead atoms. The maximum absolute atomic E-state index is 13.4. The molecule has 2 heterocycles. The van der Waals surface area contributed by atoms with Gasteiger partial charge in [0.15, 0.2) is 0 Å². The Kier molecular flexibility index (Phi) is 13.3. The lowest BCUT2D eigenvalue weighted by Crippen LogP contribution is -2.46. The second-order valence-corrected chi connectivity index (χ2v) is 15.4. The van der Waals surface area contributed by atoms with Gasteiger partial charge in [-0.15, -0.1) is 0 Å². The summed E-state index contributed by atoms with van der Waals surface area (Å²) in [6.45, 7) is 20.6. The molecule has 0 aliphatic carbocycles. The van der Waals surface area contributed by atoms with Crippen molar-refractivity contribution in [2.75, 3.05) is 52.4 Å². The fourth-order valence-electron chi connectivity index (χ4n) is 5.39. The summed E-state index contributed by atoms with van der Waals surface area (Å²) in [6.07, 6.45) is 2.19. The molecular formula is C36H57N5O7. The number of amides is 3. The number of rotatable bonds is 2. The van der Waals surface area contributed by atoms with E-state index in [2.05, 4.69) is 9.88 Å². The minimum Gasteiger partial charge on any atom is -0.506 e. The van der Waals surface area contributed by atoms with Gasteiger partial charge in [-0.2, -0.15) is 0 Å². The van der Waals surface area contributed by atoms with Gasteiger partial charge in [-0.05, 0) is 99.3 Å². The van der Waals surface area contributed by atoms with E-state index < -0.39 is 35.1 Å². The van der Waals surface area contributed by atoms with E-state index in [0.29, 0.717) is 70.6 Å². The number of aromatic nitrogens is 1. The molecule has 0 spiro atoms. The van der Waals surface area contributed by atoms with E-state index in [9.17, 15) is 19.5 Å². The zero-order chi connectivity index (χ0) is 35.7. The minimum absolute atomic E-state index is 0.132. The molecule has 0 saturated carbocycles. The zero-order valence-corrected chi connectivity index (χ0v) is 30.5. The van der Waals surface area contributed by atoms with Crippen LogP contribution in [0.15, 0.2) is 30.5 Å². The van der Waals surface area contributed by atoms with E-state index in [-0.39, 0.29) is 18.8 Å². The third kappa shape index (κ3) is 13.0. The number of pyridine rings is 1. The molecule has 1 fully saturated rings. The number of aromatic hydroxyl groups is 1. The number of carbonyl (C=O) groups is 3. The minimum atomic E-state index is -0.691. The van der Waals surface area contributed by atoms with E-state index in [1.807, 2.05) is 80.5 Å². The van der Waals surface area contributed by atoms with Crippen molar-refractivity contribution >= 4 is 29.2 Å². The molecule has 48 heavy (non-hydrogen) atoms. The molecule has 1 aliphatic rings. The topological polar surface area (TPSA) is 125 Å². The number of hydrogen-bond donors (Lipinski definition) is 1. The van der Waals surface area contributed by atoms with Crippen LogP contribution in [0, 0.1) is 0 Å². The molecule has 12 heteroatoms. The van der Waals surface area contributed by atoms with Gasteiger partial charge >= 0.3 is 18.3 Å². The monoisotopic (exact) mass is 671 g/mol. The maximum Gasteiger partial charge on any atom is 0.410 e. The van der Waals surface area contributed by atoms with Gasteiger partial charge in [0.25, 0.3) is 0 Å². The standard InChI is InChI=1S/C36H57N5O7/c1-34(2,3)46-31(43)39-20-11-18-38(26-27-15-16-29(42)30-28(27)14-10-17-37-30)19-12-21-40(32(44)47-35(4,5)6)24-25-41(23-13-22-39)33(45)48-36(7,8)9/h10,14-17,42H,11-13,18-26H2,1-9H3. The van der Waals surface area contributed by atoms with Crippen LogP contribution in [0.4, 0.5) is 14.4 Å². The first kappa shape index (κ1) is 38.6. The lowest BCUT2D eigenvalue weighted by atomic mass is 10.1. The molecule has 0 atom stereocenters. The summed E-state index contributed by atoms with van der Waals surface area (Å²) in [7, 11) is 0. The number of phenolic OH excluding ortho intramolecular Hbond substituents is 1. The predicted octanol–water partition coefficient (Wildman–Crippen LogP) is 6.64. The highest BCUT2D eigenvalue weighted by Crippen LogP contribution is 2.26. The molecule has 1 aliphatic heterocycles. The Labute approximate surface area is 286 Å². The van der Waals surface area contributed by atoms with Crippen LogP contribution in [0.5, 0.6) is 5.75 Å². The Hall–Kier alpha value is -3.80. The van der Waals surface area contributed by atoms with Crippen LogP contribution in [-0.4, -0.2) is 117 Å². The second-order valence-electron chi connectivity index (χ2n) is 15.4. The number of carbonyl (C=O) groups excluding carboxylic acids is 3. The van der Waals surface area contributed by atoms with Crippen molar-refractivity contribution in [3.63, 3.8) is 0 Å². The van der Waals surface area contributed by atoms with Gasteiger partial charge in [-0.3, -0.25) is 9.88 Å². The Morgan fingerprint density at radius 1 is 0.646 bits per heavy atom. The fraction of sp³-hybridized carbons (Fsp3) is 0.667. The number of fused-ring (bicyclic) bond motifs is 1. The molecule has 1 saturated heterocycles. The Morgan fingerprint density at radius 3 is 1.50 bits per heavy atom. The Bertz CT molecular complexity index is 1380. The van der Waals surface area contributed by atoms with Crippen LogP contribution in [0.2, 0.25) is 0 Å². The lowest BCUT2D eigenvalue weighted by Gasteiger charge is -2.32. The van der Waals surface area contributed by atoms with Crippen molar-refractivity contribution in [2.45, 2.75) is 105 Å². The molecule has 3 amide bonds. The SMILES string of the molecule is CC(C)(C)OC(=O)N1CCCN(Cc2ccc(O)c3ncccc23)CCCN(C(=O)OC(C)(C)C)CCN(C(=O)OC(C)(C)C)CCC1. The number of phenols is 1. The van der Waals surface area contributed by atoms with Crippen LogP contribution < -0.4 is 0 Å². The summed E-state index contributed by atoms with van der Waals surface area (Å²) >= 11 is 0. The molecule has 0 unspecified atom stereocenters. The molecule has 1 aromatic heterocycles. The largest absolute Gasteiger partial charge is 0.506 e. The van der Waals surface area contributed by atoms with E-state index in [1.165, 1.54) is 0 Å². The molecule has 2 aromatic rings. The molecule has 1 N–H and O–H groups in total. The third-order valence-electron chi connectivity index (χ3n) is 7.49. The van der Waals surface area contributed by atoms with E-state index in [0.717, 1.165) is 10.9 Å². The van der Waals surface area contributed by atoms with Gasteiger partial charge in [0, 0.05) is 70.5 Å². The summed E-state index contributed by atoms with van der Waals surface area (Å²) in [5.74, 6) is 0.132. The van der Waals surface area contributed by atoms with Crippen molar-refractivity contribution in [1.82, 2.24) is 24.6 Å². The second kappa shape index (κ2) is 16.5. The third-order valence-corrected chi connectivity index (χ3v) is 7.49. The van der Waals surface area contributed by atoms with Crippen LogP contribution in [-0.2, 0) is 20.8 Å². The average molecular weight is 672 g/mol. The number of ether oxygens (including phenoxy) is 3. The van der Waals surface area contributed by atoms with Crippen LogP contribution in [0.1, 0.15) is 87.1 Å². The maximum atomic E-state index is 13.4. The number of nitrogens with zero attached hydrogens (tertiary/aromatic N) is 5. The first-order valence-electron chi connectivity index (χ1n) is 17.0. The molecular weight excluding hydrogens is 614 g/mol. The highest BCUT2D eigenvalue weighted by atomic mass is 16.6. The van der Waals surface area contributed by atoms with Crippen LogP contribution in [0.25, 0.3) is 10.9 Å². The van der Waals surface area contributed by atoms with Gasteiger partial charge < -0.3 is 34.0 Å².